The molecular formula is C11H14Cl2FNO. The summed E-state index contributed by atoms with van der Waals surface area (Å²) in [5.41, 5.74) is 6.34. The van der Waals surface area contributed by atoms with Crippen molar-refractivity contribution in [1.82, 2.24) is 0 Å². The molecule has 0 radical (unpaired) electrons. The van der Waals surface area contributed by atoms with Gasteiger partial charge in [-0.25, -0.2) is 4.39 Å². The third kappa shape index (κ3) is 2.26. The number of hydrogen-bond donors (Lipinski definition) is 1. The number of ether oxygens (including phenoxy) is 1. The highest BCUT2D eigenvalue weighted by Crippen LogP contribution is 2.52. The molecule has 1 aromatic carbocycles. The second-order valence-electron chi connectivity index (χ2n) is 3.82. The maximum atomic E-state index is 13.3. The van der Waals surface area contributed by atoms with Crippen LogP contribution < -0.4 is 10.5 Å². The van der Waals surface area contributed by atoms with Crippen LogP contribution in [-0.2, 0) is 0 Å². The van der Waals surface area contributed by atoms with Gasteiger partial charge in [-0.05, 0) is 36.9 Å². The fourth-order valence-electron chi connectivity index (χ4n) is 1.93. The van der Waals surface area contributed by atoms with Crippen LogP contribution in [0, 0.1) is 11.7 Å². The lowest BCUT2D eigenvalue weighted by atomic mass is 10.1. The number of halogens is 3. The Morgan fingerprint density at radius 2 is 2.25 bits per heavy atom. The van der Waals surface area contributed by atoms with E-state index in [-0.39, 0.29) is 23.3 Å². The molecule has 1 saturated carbocycles. The minimum Gasteiger partial charge on any atom is -0.496 e. The molecule has 2 atom stereocenters. The summed E-state index contributed by atoms with van der Waals surface area (Å²) in [4.78, 5) is 0. The molecule has 5 heteroatoms. The van der Waals surface area contributed by atoms with Crippen LogP contribution in [0.4, 0.5) is 4.39 Å². The van der Waals surface area contributed by atoms with Gasteiger partial charge in [0.05, 0.1) is 12.1 Å². The molecule has 1 aliphatic rings. The van der Waals surface area contributed by atoms with Gasteiger partial charge in [0.2, 0.25) is 0 Å². The van der Waals surface area contributed by atoms with Crippen molar-refractivity contribution in [3.63, 3.8) is 0 Å². The molecule has 0 bridgehead atoms. The zero-order chi connectivity index (χ0) is 11.0. The molecule has 1 fully saturated rings. The largest absolute Gasteiger partial charge is 0.496 e. The molecule has 0 aliphatic heterocycles. The van der Waals surface area contributed by atoms with E-state index in [9.17, 15) is 4.39 Å². The normalized spacial score (nSPS) is 22.5. The first-order chi connectivity index (χ1) is 7.19. The zero-order valence-electron chi connectivity index (χ0n) is 8.87. The monoisotopic (exact) mass is 265 g/mol. The summed E-state index contributed by atoms with van der Waals surface area (Å²) in [6, 6.07) is 2.94. The Morgan fingerprint density at radius 1 is 1.56 bits per heavy atom. The van der Waals surface area contributed by atoms with Crippen LogP contribution in [0.5, 0.6) is 5.75 Å². The summed E-state index contributed by atoms with van der Waals surface area (Å²) in [6.07, 6.45) is 0.968. The van der Waals surface area contributed by atoms with Crippen LogP contribution in [0.2, 0.25) is 5.02 Å². The minimum absolute atomic E-state index is 0. The van der Waals surface area contributed by atoms with E-state index in [1.165, 1.54) is 6.07 Å². The maximum Gasteiger partial charge on any atom is 0.142 e. The van der Waals surface area contributed by atoms with Gasteiger partial charge in [0, 0.05) is 5.56 Å². The number of methoxy groups -OCH3 is 1. The van der Waals surface area contributed by atoms with Crippen molar-refractivity contribution in [3.8, 4) is 5.75 Å². The highest BCUT2D eigenvalue weighted by molar-refractivity contribution is 6.31. The van der Waals surface area contributed by atoms with Gasteiger partial charge in [0.15, 0.2) is 0 Å². The molecule has 0 saturated heterocycles. The van der Waals surface area contributed by atoms with Crippen LogP contribution in [0.1, 0.15) is 17.9 Å². The van der Waals surface area contributed by atoms with E-state index in [4.69, 9.17) is 22.1 Å². The van der Waals surface area contributed by atoms with E-state index in [0.717, 1.165) is 12.0 Å². The van der Waals surface area contributed by atoms with Gasteiger partial charge in [-0.15, -0.1) is 12.4 Å². The van der Waals surface area contributed by atoms with E-state index in [0.29, 0.717) is 18.2 Å². The van der Waals surface area contributed by atoms with Gasteiger partial charge >= 0.3 is 0 Å². The molecular weight excluding hydrogens is 252 g/mol. The zero-order valence-corrected chi connectivity index (χ0v) is 10.4. The molecule has 2 nitrogen and oxygen atoms in total. The Bertz CT molecular complexity index is 386. The Balaban J connectivity index is 0.00000128. The molecule has 2 N–H and O–H groups in total. The Morgan fingerprint density at radius 3 is 2.75 bits per heavy atom. The van der Waals surface area contributed by atoms with Crippen molar-refractivity contribution >= 4 is 24.0 Å². The number of hydrogen-bond acceptors (Lipinski definition) is 2. The second kappa shape index (κ2) is 5.21. The van der Waals surface area contributed by atoms with Gasteiger partial charge in [0.25, 0.3) is 0 Å². The number of benzene rings is 1. The van der Waals surface area contributed by atoms with Gasteiger partial charge in [-0.2, -0.15) is 0 Å². The van der Waals surface area contributed by atoms with Crippen molar-refractivity contribution in [2.24, 2.45) is 11.7 Å². The predicted molar refractivity (Wildman–Crippen MR) is 65.1 cm³/mol. The smallest absolute Gasteiger partial charge is 0.142 e. The summed E-state index contributed by atoms with van der Waals surface area (Å²) in [5, 5.41) is 0.176. The fraction of sp³-hybridized carbons (Fsp3) is 0.455. The lowest BCUT2D eigenvalue weighted by Crippen LogP contribution is -2.03. The van der Waals surface area contributed by atoms with Gasteiger partial charge in [-0.3, -0.25) is 0 Å². The molecule has 0 heterocycles. The minimum atomic E-state index is -0.393. The summed E-state index contributed by atoms with van der Waals surface area (Å²) >= 11 is 5.94. The topological polar surface area (TPSA) is 35.2 Å². The molecule has 0 aromatic heterocycles. The lowest BCUT2D eigenvalue weighted by Gasteiger charge is -2.10. The summed E-state index contributed by atoms with van der Waals surface area (Å²) in [7, 11) is 1.56. The molecule has 0 spiro atoms. The summed E-state index contributed by atoms with van der Waals surface area (Å²) in [6.45, 7) is 0.612. The maximum absolute atomic E-state index is 13.3. The SMILES string of the molecule is COc1ccc(F)c(Cl)c1C1CC1CN.Cl. The van der Waals surface area contributed by atoms with E-state index in [1.54, 1.807) is 13.2 Å². The third-order valence-electron chi connectivity index (χ3n) is 2.91. The first-order valence-corrected chi connectivity index (χ1v) is 5.28. The molecule has 0 amide bonds. The van der Waals surface area contributed by atoms with Crippen molar-refractivity contribution in [1.29, 1.82) is 0 Å². The standard InChI is InChI=1S/C11H13ClFNO.ClH/c1-15-9-3-2-8(13)11(12)10(9)7-4-6(7)5-14;/h2-3,6-7H,4-5,14H2,1H3;1H. The highest BCUT2D eigenvalue weighted by atomic mass is 35.5. The molecule has 1 aromatic rings. The van der Waals surface area contributed by atoms with Gasteiger partial charge in [0.1, 0.15) is 11.6 Å². The van der Waals surface area contributed by atoms with E-state index in [2.05, 4.69) is 0 Å². The molecule has 90 valence electrons. The average Bonchev–Trinajstić information content (AvgIpc) is 3.00. The first-order valence-electron chi connectivity index (χ1n) is 4.91. The van der Waals surface area contributed by atoms with Crippen molar-refractivity contribution in [3.05, 3.63) is 28.5 Å². The Labute approximate surface area is 105 Å². The highest BCUT2D eigenvalue weighted by Gasteiger charge is 2.40. The summed E-state index contributed by atoms with van der Waals surface area (Å²) < 4.78 is 18.5. The van der Waals surface area contributed by atoms with Crippen molar-refractivity contribution < 1.29 is 9.13 Å². The van der Waals surface area contributed by atoms with Crippen LogP contribution in [0.3, 0.4) is 0 Å². The Hall–Kier alpha value is -0.510. The van der Waals surface area contributed by atoms with Crippen LogP contribution in [-0.4, -0.2) is 13.7 Å². The van der Waals surface area contributed by atoms with Crippen molar-refractivity contribution in [2.75, 3.05) is 13.7 Å². The van der Waals surface area contributed by atoms with E-state index < -0.39 is 5.82 Å². The van der Waals surface area contributed by atoms with E-state index in [1.807, 2.05) is 0 Å². The molecule has 2 rings (SSSR count). The molecule has 2 unspecified atom stereocenters. The Kier molecular flexibility index (Phi) is 4.42. The molecule has 1 aliphatic carbocycles. The lowest BCUT2D eigenvalue weighted by molar-refractivity contribution is 0.408. The third-order valence-corrected chi connectivity index (χ3v) is 3.29. The quantitative estimate of drug-likeness (QED) is 0.912. The average molecular weight is 266 g/mol. The number of rotatable bonds is 3. The second-order valence-corrected chi connectivity index (χ2v) is 4.19. The van der Waals surface area contributed by atoms with Gasteiger partial charge < -0.3 is 10.5 Å². The van der Waals surface area contributed by atoms with Crippen LogP contribution >= 0.6 is 24.0 Å². The first kappa shape index (κ1) is 13.6. The number of nitrogens with two attached hydrogens (primary N) is 1. The summed E-state index contributed by atoms with van der Waals surface area (Å²) in [5.74, 6) is 0.934. The van der Waals surface area contributed by atoms with Crippen molar-refractivity contribution in [2.45, 2.75) is 12.3 Å². The molecule has 16 heavy (non-hydrogen) atoms. The van der Waals surface area contributed by atoms with Crippen LogP contribution in [0.25, 0.3) is 0 Å². The van der Waals surface area contributed by atoms with Gasteiger partial charge in [-0.1, -0.05) is 11.6 Å². The fourth-order valence-corrected chi connectivity index (χ4v) is 2.23. The van der Waals surface area contributed by atoms with E-state index >= 15 is 0 Å². The van der Waals surface area contributed by atoms with Crippen LogP contribution in [0.15, 0.2) is 12.1 Å². The predicted octanol–water partition coefficient (Wildman–Crippen LogP) is 2.97.